The van der Waals surface area contributed by atoms with Crippen molar-refractivity contribution in [1.29, 1.82) is 0 Å². The van der Waals surface area contributed by atoms with Gasteiger partial charge in [0, 0.05) is 0 Å². The van der Waals surface area contributed by atoms with E-state index in [4.69, 9.17) is 10.8 Å². The van der Waals surface area contributed by atoms with Crippen LogP contribution in [0.2, 0.25) is 4.71 Å². The number of Topliss-reactive ketones (excluding diaryl/α,β-unsaturated/α-hetero) is 1. The number of benzene rings is 1. The molecule has 0 radical (unpaired) electrons. The summed E-state index contributed by atoms with van der Waals surface area (Å²) in [6.07, 6.45) is -2.05. The molecule has 1 heterocycles. The molecule has 5 N–H and O–H groups in total. The Kier molecular flexibility index (Phi) is 7.61. The zero-order chi connectivity index (χ0) is 22.8. The molecule has 30 heavy (non-hydrogen) atoms. The van der Waals surface area contributed by atoms with Crippen molar-refractivity contribution in [3.63, 3.8) is 0 Å². The third-order valence-corrected chi connectivity index (χ3v) is 8.76. The molecule has 0 fully saturated rings. The summed E-state index contributed by atoms with van der Waals surface area (Å²) in [7, 11) is 0. The fourth-order valence-corrected chi connectivity index (χ4v) is 6.56. The van der Waals surface area contributed by atoms with Crippen molar-refractivity contribution in [2.24, 2.45) is 11.1 Å². The summed E-state index contributed by atoms with van der Waals surface area (Å²) in [5.41, 5.74) is 7.86. The first-order valence-corrected chi connectivity index (χ1v) is 11.8. The number of aryl methyl sites for hydroxylation is 2. The number of carbonyl (C=O) groups is 3. The Balaban J connectivity index is 2.29. The standard InChI is InChI=1S/C21H28AsFN2O5/c1-10-6-5-7-13-16(10)11(2)17(25-13)19(29)21(3,4)18(24)20(30)22-12(8-15(27)28)14(26)9-23/h5-7,12,14,18,22,25-26H,8-9,24H2,1-4H3,(H,27,28)/t12?,14?,18-/m1/s1. The first-order chi connectivity index (χ1) is 13.9. The molecule has 0 amide bonds. The number of aliphatic carboxylic acids is 1. The van der Waals surface area contributed by atoms with Crippen LogP contribution >= 0.6 is 0 Å². The van der Waals surface area contributed by atoms with Gasteiger partial charge in [-0.2, -0.15) is 0 Å². The van der Waals surface area contributed by atoms with E-state index in [-0.39, 0.29) is 5.78 Å². The van der Waals surface area contributed by atoms with Crippen LogP contribution in [0.25, 0.3) is 10.9 Å². The Hall–Kier alpha value is -2.02. The number of nitrogens with one attached hydrogen (secondary N) is 1. The van der Waals surface area contributed by atoms with E-state index in [1.807, 2.05) is 32.0 Å². The maximum absolute atomic E-state index is 13.3. The van der Waals surface area contributed by atoms with Crippen molar-refractivity contribution in [3.8, 4) is 0 Å². The predicted octanol–water partition coefficient (Wildman–Crippen LogP) is 1.88. The summed E-state index contributed by atoms with van der Waals surface area (Å²) in [5, 5.41) is 19.7. The van der Waals surface area contributed by atoms with Gasteiger partial charge in [0.15, 0.2) is 0 Å². The topological polar surface area (TPSA) is 133 Å². The van der Waals surface area contributed by atoms with Crippen molar-refractivity contribution < 1.29 is 29.0 Å². The number of fused-ring (bicyclic) bond motifs is 1. The number of hydrogen-bond donors (Lipinski definition) is 4. The second kappa shape index (κ2) is 9.41. The molecule has 0 aliphatic rings. The number of aliphatic hydroxyl groups excluding tert-OH is 1. The summed E-state index contributed by atoms with van der Waals surface area (Å²) in [6, 6.07) is 4.50. The Morgan fingerprint density at radius 3 is 2.43 bits per heavy atom. The maximum atomic E-state index is 13.3. The van der Waals surface area contributed by atoms with Crippen LogP contribution in [0.15, 0.2) is 18.2 Å². The molecule has 3 unspecified atom stereocenters. The zero-order valence-corrected chi connectivity index (χ0v) is 19.6. The molecule has 0 spiro atoms. The van der Waals surface area contributed by atoms with Gasteiger partial charge in [-0.15, -0.1) is 0 Å². The second-order valence-corrected chi connectivity index (χ2v) is 11.3. The van der Waals surface area contributed by atoms with Gasteiger partial charge in [-0.3, -0.25) is 0 Å². The Morgan fingerprint density at radius 1 is 1.27 bits per heavy atom. The monoisotopic (exact) mass is 482 g/mol. The summed E-state index contributed by atoms with van der Waals surface area (Å²) in [4.78, 5) is 40.2. The third-order valence-electron chi connectivity index (χ3n) is 5.50. The van der Waals surface area contributed by atoms with Gasteiger partial charge in [0.1, 0.15) is 0 Å². The molecule has 0 aliphatic carbocycles. The van der Waals surface area contributed by atoms with Gasteiger partial charge in [-0.05, 0) is 0 Å². The van der Waals surface area contributed by atoms with Gasteiger partial charge in [0.25, 0.3) is 0 Å². The number of alkyl halides is 1. The van der Waals surface area contributed by atoms with E-state index in [2.05, 4.69) is 4.98 Å². The van der Waals surface area contributed by atoms with Gasteiger partial charge >= 0.3 is 181 Å². The fraction of sp³-hybridized carbons (Fsp3) is 0.476. The molecule has 2 aromatic rings. The van der Waals surface area contributed by atoms with Crippen molar-refractivity contribution >= 4 is 43.0 Å². The van der Waals surface area contributed by atoms with Crippen LogP contribution in [-0.2, 0) is 9.59 Å². The SMILES string of the molecule is Cc1cccc2[nH]c(C(=O)C(C)(C)[C@H](N)C(=O)[AsH]C(CC(=O)O)C(O)CF)c(C)c12. The number of carboxylic acids is 1. The molecule has 9 heteroatoms. The minimum atomic E-state index is -1.78. The number of aromatic amines is 1. The Labute approximate surface area is 180 Å². The molecule has 0 saturated heterocycles. The van der Waals surface area contributed by atoms with Gasteiger partial charge < -0.3 is 0 Å². The zero-order valence-electron chi connectivity index (χ0n) is 17.5. The van der Waals surface area contributed by atoms with E-state index in [0.29, 0.717) is 5.69 Å². The first-order valence-electron chi connectivity index (χ1n) is 9.56. The van der Waals surface area contributed by atoms with E-state index in [0.717, 1.165) is 22.0 Å². The average Bonchev–Trinajstić information content (AvgIpc) is 3.02. The van der Waals surface area contributed by atoms with E-state index in [1.165, 1.54) is 0 Å². The molecule has 1 aromatic heterocycles. The van der Waals surface area contributed by atoms with Crippen molar-refractivity contribution in [1.82, 2.24) is 4.98 Å². The number of halogens is 1. The summed E-state index contributed by atoms with van der Waals surface area (Å²) in [5.74, 6) is -1.55. The number of ketones is 1. The number of carboxylic acid groups (broad SMARTS) is 1. The molecule has 164 valence electrons. The number of rotatable bonds is 10. The summed E-state index contributed by atoms with van der Waals surface area (Å²) >= 11 is -1.78. The van der Waals surface area contributed by atoms with Crippen molar-refractivity contribution in [3.05, 3.63) is 35.0 Å². The summed E-state index contributed by atoms with van der Waals surface area (Å²) in [6.45, 7) is 5.78. The van der Waals surface area contributed by atoms with Gasteiger partial charge in [-0.1, -0.05) is 0 Å². The quantitative estimate of drug-likeness (QED) is 0.302. The Morgan fingerprint density at radius 2 is 1.90 bits per heavy atom. The van der Waals surface area contributed by atoms with Crippen LogP contribution < -0.4 is 5.73 Å². The fourth-order valence-electron chi connectivity index (χ4n) is 3.49. The number of hydrogen-bond acceptors (Lipinski definition) is 5. The van der Waals surface area contributed by atoms with Crippen LogP contribution in [-0.4, -0.2) is 66.1 Å². The summed E-state index contributed by atoms with van der Waals surface area (Å²) < 4.78 is 11.4. The number of aliphatic hydroxyl groups is 1. The van der Waals surface area contributed by atoms with Crippen molar-refractivity contribution in [2.45, 2.75) is 51.0 Å². The number of carbonyl (C=O) groups excluding carboxylic acids is 2. The van der Waals surface area contributed by atoms with Crippen molar-refractivity contribution in [2.75, 3.05) is 6.67 Å². The van der Waals surface area contributed by atoms with E-state index in [9.17, 15) is 23.9 Å². The number of nitrogens with two attached hydrogens (primary N) is 1. The molecule has 0 aliphatic heterocycles. The Bertz CT molecular complexity index is 972. The van der Waals surface area contributed by atoms with Gasteiger partial charge in [-0.25, -0.2) is 0 Å². The third kappa shape index (κ3) is 4.82. The second-order valence-electron chi connectivity index (χ2n) is 8.09. The van der Waals surface area contributed by atoms with E-state index >= 15 is 0 Å². The molecule has 0 saturated carbocycles. The molecule has 4 atom stereocenters. The minimum absolute atomic E-state index is 0.330. The normalized spacial score (nSPS) is 15.4. The predicted molar refractivity (Wildman–Crippen MR) is 114 cm³/mol. The van der Waals surface area contributed by atoms with Crippen LogP contribution in [0.3, 0.4) is 0 Å². The van der Waals surface area contributed by atoms with E-state index < -0.39 is 61.7 Å². The molecular formula is C21H28AsFN2O5. The average molecular weight is 482 g/mol. The molecule has 7 nitrogen and oxygen atoms in total. The molecule has 0 bridgehead atoms. The van der Waals surface area contributed by atoms with Crippen LogP contribution in [0.1, 0.15) is 41.9 Å². The van der Waals surface area contributed by atoms with Gasteiger partial charge in [0.2, 0.25) is 0 Å². The number of H-pyrrole nitrogens is 1. The molecule has 1 aromatic carbocycles. The molecular weight excluding hydrogens is 454 g/mol. The van der Waals surface area contributed by atoms with E-state index in [1.54, 1.807) is 13.8 Å². The van der Waals surface area contributed by atoms with Crippen LogP contribution in [0, 0.1) is 19.3 Å². The van der Waals surface area contributed by atoms with Crippen LogP contribution in [0.5, 0.6) is 0 Å². The molecule has 2 rings (SSSR count). The first kappa shape index (κ1) is 24.2. The van der Waals surface area contributed by atoms with Gasteiger partial charge in [0.05, 0.1) is 0 Å². The van der Waals surface area contributed by atoms with Crippen LogP contribution in [0.4, 0.5) is 4.39 Å². The number of aromatic nitrogens is 1.